The number of hydrogen-bond acceptors (Lipinski definition) is 5. The molecule has 1 N–H and O–H groups in total. The van der Waals surface area contributed by atoms with Crippen molar-refractivity contribution in [3.05, 3.63) is 23.3 Å². The number of nitrogens with zero attached hydrogens (tertiary/aromatic N) is 1. The predicted octanol–water partition coefficient (Wildman–Crippen LogP) is 0.694. The molecule has 1 saturated heterocycles. The molecule has 1 fully saturated rings. The van der Waals surface area contributed by atoms with Crippen LogP contribution >= 0.6 is 0 Å². The standard InChI is InChI=1S/C14H21NO5S/c1-10-6-12(19-3)7-11(2)14(10)21(17,18)15-4-5-20-13(8-15)9-16/h6-7,13,16H,4-5,8-9H2,1-3H3. The summed E-state index contributed by atoms with van der Waals surface area (Å²) in [5, 5.41) is 9.16. The van der Waals surface area contributed by atoms with E-state index in [0.29, 0.717) is 34.9 Å². The van der Waals surface area contributed by atoms with Crippen molar-refractivity contribution in [2.24, 2.45) is 0 Å². The fourth-order valence-corrected chi connectivity index (χ4v) is 4.45. The second kappa shape index (κ2) is 6.31. The Morgan fingerprint density at radius 2 is 2.00 bits per heavy atom. The molecule has 6 nitrogen and oxygen atoms in total. The number of hydrogen-bond donors (Lipinski definition) is 1. The molecule has 0 amide bonds. The van der Waals surface area contributed by atoms with Crippen LogP contribution in [0.15, 0.2) is 17.0 Å². The molecular weight excluding hydrogens is 294 g/mol. The zero-order chi connectivity index (χ0) is 15.6. The quantitative estimate of drug-likeness (QED) is 0.885. The van der Waals surface area contributed by atoms with Crippen LogP contribution in [0.4, 0.5) is 0 Å². The van der Waals surface area contributed by atoms with Gasteiger partial charge in [-0.3, -0.25) is 0 Å². The lowest BCUT2D eigenvalue weighted by molar-refractivity contribution is -0.0304. The van der Waals surface area contributed by atoms with Crippen LogP contribution in [0.25, 0.3) is 0 Å². The average Bonchev–Trinajstić information content (AvgIpc) is 2.46. The van der Waals surface area contributed by atoms with Crippen molar-refractivity contribution in [3.63, 3.8) is 0 Å². The van der Waals surface area contributed by atoms with Crippen LogP contribution in [0.2, 0.25) is 0 Å². The Bertz CT molecular complexity index is 591. The first-order chi connectivity index (χ1) is 9.90. The molecule has 21 heavy (non-hydrogen) atoms. The SMILES string of the molecule is COc1cc(C)c(S(=O)(=O)N2CCOC(CO)C2)c(C)c1. The highest BCUT2D eigenvalue weighted by atomic mass is 32.2. The summed E-state index contributed by atoms with van der Waals surface area (Å²) < 4.78 is 37.5. The third-order valence-corrected chi connectivity index (χ3v) is 5.74. The number of benzene rings is 1. The van der Waals surface area contributed by atoms with Crippen molar-refractivity contribution in [1.82, 2.24) is 4.31 Å². The molecule has 0 bridgehead atoms. The molecule has 1 atom stereocenters. The third-order valence-electron chi connectivity index (χ3n) is 3.57. The molecule has 1 unspecified atom stereocenters. The lowest BCUT2D eigenvalue weighted by Crippen LogP contribution is -2.47. The smallest absolute Gasteiger partial charge is 0.243 e. The van der Waals surface area contributed by atoms with Gasteiger partial charge < -0.3 is 14.6 Å². The van der Waals surface area contributed by atoms with E-state index in [4.69, 9.17) is 14.6 Å². The van der Waals surface area contributed by atoms with Crippen LogP contribution in [0.3, 0.4) is 0 Å². The maximum absolute atomic E-state index is 12.8. The maximum atomic E-state index is 12.8. The Labute approximate surface area is 125 Å². The molecule has 118 valence electrons. The molecule has 0 radical (unpaired) electrons. The second-order valence-electron chi connectivity index (χ2n) is 5.13. The van der Waals surface area contributed by atoms with E-state index in [1.54, 1.807) is 33.1 Å². The second-order valence-corrected chi connectivity index (χ2v) is 7.00. The summed E-state index contributed by atoms with van der Waals surface area (Å²) in [7, 11) is -2.05. The van der Waals surface area contributed by atoms with E-state index >= 15 is 0 Å². The van der Waals surface area contributed by atoms with Crippen molar-refractivity contribution in [2.75, 3.05) is 33.4 Å². The highest BCUT2D eigenvalue weighted by Crippen LogP contribution is 2.29. The van der Waals surface area contributed by atoms with Crippen molar-refractivity contribution < 1.29 is 23.0 Å². The number of rotatable bonds is 4. The van der Waals surface area contributed by atoms with Crippen LogP contribution < -0.4 is 4.74 Å². The van der Waals surface area contributed by atoms with Crippen molar-refractivity contribution in [1.29, 1.82) is 0 Å². The van der Waals surface area contributed by atoms with Crippen LogP contribution in [0, 0.1) is 13.8 Å². The number of ether oxygens (including phenoxy) is 2. The minimum absolute atomic E-state index is 0.170. The van der Waals surface area contributed by atoms with Gasteiger partial charge in [-0.25, -0.2) is 8.42 Å². The van der Waals surface area contributed by atoms with E-state index in [2.05, 4.69) is 0 Å². The molecule has 0 spiro atoms. The van der Waals surface area contributed by atoms with E-state index in [0.717, 1.165) is 0 Å². The van der Waals surface area contributed by atoms with Crippen LogP contribution in [-0.4, -0.2) is 57.3 Å². The topological polar surface area (TPSA) is 76.1 Å². The summed E-state index contributed by atoms with van der Waals surface area (Å²) >= 11 is 0. The van der Waals surface area contributed by atoms with Gasteiger partial charge in [0.05, 0.1) is 31.3 Å². The minimum atomic E-state index is -3.60. The van der Waals surface area contributed by atoms with Crippen LogP contribution in [0.1, 0.15) is 11.1 Å². The van der Waals surface area contributed by atoms with Gasteiger partial charge in [-0.05, 0) is 37.1 Å². The van der Waals surface area contributed by atoms with Crippen molar-refractivity contribution in [3.8, 4) is 5.75 Å². The molecule has 1 heterocycles. The van der Waals surface area contributed by atoms with E-state index in [9.17, 15) is 8.42 Å². The van der Waals surface area contributed by atoms with Gasteiger partial charge in [0.2, 0.25) is 10.0 Å². The lowest BCUT2D eigenvalue weighted by Gasteiger charge is -2.32. The molecule has 1 aromatic rings. The number of aliphatic hydroxyl groups is 1. The summed E-state index contributed by atoms with van der Waals surface area (Å²) in [5.74, 6) is 0.638. The van der Waals surface area contributed by atoms with Crippen molar-refractivity contribution in [2.45, 2.75) is 24.8 Å². The Hall–Kier alpha value is -1.15. The van der Waals surface area contributed by atoms with E-state index in [-0.39, 0.29) is 13.2 Å². The molecule has 0 aliphatic carbocycles. The Kier molecular flexibility index (Phi) is 4.88. The van der Waals surface area contributed by atoms with E-state index < -0.39 is 16.1 Å². The zero-order valence-electron chi connectivity index (χ0n) is 12.5. The fraction of sp³-hybridized carbons (Fsp3) is 0.571. The van der Waals surface area contributed by atoms with E-state index in [1.165, 1.54) is 4.31 Å². The monoisotopic (exact) mass is 315 g/mol. The first-order valence-electron chi connectivity index (χ1n) is 6.78. The molecule has 0 saturated carbocycles. The molecular formula is C14H21NO5S. The summed E-state index contributed by atoms with van der Waals surface area (Å²) in [6, 6.07) is 3.42. The lowest BCUT2D eigenvalue weighted by atomic mass is 10.1. The molecule has 7 heteroatoms. The number of sulfonamides is 1. The Balaban J connectivity index is 2.40. The predicted molar refractivity (Wildman–Crippen MR) is 78.1 cm³/mol. The van der Waals surface area contributed by atoms with Gasteiger partial charge in [-0.15, -0.1) is 0 Å². The molecule has 0 aromatic heterocycles. The van der Waals surface area contributed by atoms with Gasteiger partial charge in [0.15, 0.2) is 0 Å². The summed E-state index contributed by atoms with van der Waals surface area (Å²) in [4.78, 5) is 0.307. The van der Waals surface area contributed by atoms with Gasteiger partial charge in [-0.2, -0.15) is 4.31 Å². The van der Waals surface area contributed by atoms with Gasteiger partial charge in [0.25, 0.3) is 0 Å². The minimum Gasteiger partial charge on any atom is -0.497 e. The molecule has 1 aliphatic rings. The summed E-state index contributed by atoms with van der Waals surface area (Å²) in [5.41, 5.74) is 1.30. The molecule has 2 rings (SSSR count). The largest absolute Gasteiger partial charge is 0.497 e. The summed E-state index contributed by atoms with van der Waals surface area (Å²) in [6.45, 7) is 4.08. The highest BCUT2D eigenvalue weighted by molar-refractivity contribution is 7.89. The van der Waals surface area contributed by atoms with Gasteiger partial charge in [0, 0.05) is 13.1 Å². The highest BCUT2D eigenvalue weighted by Gasteiger charge is 2.32. The van der Waals surface area contributed by atoms with Gasteiger partial charge >= 0.3 is 0 Å². The number of aliphatic hydroxyl groups excluding tert-OH is 1. The van der Waals surface area contributed by atoms with E-state index in [1.807, 2.05) is 0 Å². The molecule has 1 aromatic carbocycles. The average molecular weight is 315 g/mol. The molecule has 1 aliphatic heterocycles. The fourth-order valence-electron chi connectivity index (χ4n) is 2.59. The van der Waals surface area contributed by atoms with Crippen LogP contribution in [-0.2, 0) is 14.8 Å². The normalized spacial score (nSPS) is 20.5. The van der Waals surface area contributed by atoms with Gasteiger partial charge in [-0.1, -0.05) is 0 Å². The number of methoxy groups -OCH3 is 1. The van der Waals surface area contributed by atoms with Crippen LogP contribution in [0.5, 0.6) is 5.75 Å². The maximum Gasteiger partial charge on any atom is 0.243 e. The van der Waals surface area contributed by atoms with Gasteiger partial charge in [0.1, 0.15) is 5.75 Å². The third kappa shape index (κ3) is 3.21. The number of morpholine rings is 1. The first-order valence-corrected chi connectivity index (χ1v) is 8.22. The first kappa shape index (κ1) is 16.2. The Morgan fingerprint density at radius 3 is 2.52 bits per heavy atom. The Morgan fingerprint density at radius 1 is 1.38 bits per heavy atom. The van der Waals surface area contributed by atoms with Crippen molar-refractivity contribution >= 4 is 10.0 Å². The number of aryl methyl sites for hydroxylation is 2. The zero-order valence-corrected chi connectivity index (χ0v) is 13.3. The summed E-state index contributed by atoms with van der Waals surface area (Å²) in [6.07, 6.45) is -0.465.